The maximum atomic E-state index is 6.07. The lowest BCUT2D eigenvalue weighted by Gasteiger charge is -2.17. The highest BCUT2D eigenvalue weighted by Crippen LogP contribution is 2.16. The molecule has 4 heteroatoms. The van der Waals surface area contributed by atoms with Gasteiger partial charge in [-0.05, 0) is 44.0 Å². The number of nitrogens with one attached hydrogen (secondary N) is 1. The molecular formula is C16H21ClN2S. The molecule has 2 aromatic rings. The lowest BCUT2D eigenvalue weighted by atomic mass is 10.0. The van der Waals surface area contributed by atoms with Crippen LogP contribution in [-0.2, 0) is 12.8 Å². The molecule has 1 unspecified atom stereocenters. The van der Waals surface area contributed by atoms with Gasteiger partial charge in [0.15, 0.2) is 0 Å². The summed E-state index contributed by atoms with van der Waals surface area (Å²) in [5.74, 6) is 0. The molecule has 2 nitrogen and oxygen atoms in total. The fraction of sp³-hybridized carbons (Fsp3) is 0.438. The number of thiazole rings is 1. The number of rotatable bonds is 7. The Morgan fingerprint density at radius 3 is 2.85 bits per heavy atom. The Kier molecular flexibility index (Phi) is 6.02. The normalized spacial score (nSPS) is 12.6. The minimum atomic E-state index is 0.416. The number of halogens is 1. The Hall–Kier alpha value is -0.900. The predicted octanol–water partition coefficient (Wildman–Crippen LogP) is 4.26. The van der Waals surface area contributed by atoms with E-state index in [2.05, 4.69) is 34.7 Å². The molecule has 2 rings (SSSR count). The van der Waals surface area contributed by atoms with Gasteiger partial charge in [-0.3, -0.25) is 0 Å². The van der Waals surface area contributed by atoms with E-state index in [1.54, 1.807) is 11.3 Å². The molecule has 1 N–H and O–H groups in total. The highest BCUT2D eigenvalue weighted by molar-refractivity contribution is 7.09. The van der Waals surface area contributed by atoms with E-state index in [-0.39, 0.29) is 0 Å². The van der Waals surface area contributed by atoms with Crippen LogP contribution >= 0.6 is 22.9 Å². The van der Waals surface area contributed by atoms with Crippen LogP contribution in [0.15, 0.2) is 29.6 Å². The van der Waals surface area contributed by atoms with Crippen LogP contribution in [-0.4, -0.2) is 17.6 Å². The molecule has 0 fully saturated rings. The fourth-order valence-corrected chi connectivity index (χ4v) is 3.29. The minimum Gasteiger partial charge on any atom is -0.313 e. The molecule has 0 spiro atoms. The van der Waals surface area contributed by atoms with Gasteiger partial charge in [0.2, 0.25) is 0 Å². The predicted molar refractivity (Wildman–Crippen MR) is 87.8 cm³/mol. The van der Waals surface area contributed by atoms with E-state index in [1.165, 1.54) is 10.6 Å². The van der Waals surface area contributed by atoms with Crippen LogP contribution in [0.3, 0.4) is 0 Å². The van der Waals surface area contributed by atoms with Crippen molar-refractivity contribution in [3.63, 3.8) is 0 Å². The molecule has 20 heavy (non-hydrogen) atoms. The van der Waals surface area contributed by atoms with Gasteiger partial charge in [-0.15, -0.1) is 11.3 Å². The van der Waals surface area contributed by atoms with Crippen LogP contribution < -0.4 is 5.32 Å². The van der Waals surface area contributed by atoms with E-state index in [9.17, 15) is 0 Å². The third-order valence-electron chi connectivity index (χ3n) is 3.14. The Morgan fingerprint density at radius 2 is 2.20 bits per heavy atom. The molecule has 0 aliphatic rings. The van der Waals surface area contributed by atoms with E-state index >= 15 is 0 Å². The number of nitrogens with zero attached hydrogens (tertiary/aromatic N) is 1. The summed E-state index contributed by atoms with van der Waals surface area (Å²) >= 11 is 7.81. The van der Waals surface area contributed by atoms with Crippen LogP contribution in [0.2, 0.25) is 5.02 Å². The van der Waals surface area contributed by atoms with E-state index in [4.69, 9.17) is 11.6 Å². The lowest BCUT2D eigenvalue weighted by Crippen LogP contribution is -2.33. The highest BCUT2D eigenvalue weighted by Gasteiger charge is 2.12. The Morgan fingerprint density at radius 1 is 1.35 bits per heavy atom. The molecular weight excluding hydrogens is 288 g/mol. The molecule has 1 atom stereocenters. The zero-order valence-corrected chi connectivity index (χ0v) is 13.6. The first-order valence-electron chi connectivity index (χ1n) is 7.06. The molecule has 0 aliphatic carbocycles. The van der Waals surface area contributed by atoms with Gasteiger partial charge in [0.25, 0.3) is 0 Å². The fourth-order valence-electron chi connectivity index (χ4n) is 2.22. The molecule has 0 bridgehead atoms. The van der Waals surface area contributed by atoms with Crippen molar-refractivity contribution in [2.24, 2.45) is 0 Å². The number of benzene rings is 1. The van der Waals surface area contributed by atoms with Gasteiger partial charge in [-0.2, -0.15) is 0 Å². The summed E-state index contributed by atoms with van der Waals surface area (Å²) in [6, 6.07) is 8.54. The first-order chi connectivity index (χ1) is 9.67. The minimum absolute atomic E-state index is 0.416. The molecule has 0 amide bonds. The van der Waals surface area contributed by atoms with Crippen LogP contribution in [0.1, 0.15) is 29.6 Å². The lowest BCUT2D eigenvalue weighted by molar-refractivity contribution is 0.504. The topological polar surface area (TPSA) is 24.9 Å². The summed E-state index contributed by atoms with van der Waals surface area (Å²) in [5.41, 5.74) is 2.39. The van der Waals surface area contributed by atoms with Crippen LogP contribution in [0.5, 0.6) is 0 Å². The van der Waals surface area contributed by atoms with Crippen molar-refractivity contribution in [1.82, 2.24) is 10.3 Å². The molecule has 0 radical (unpaired) electrons. The maximum Gasteiger partial charge on any atom is 0.0943 e. The van der Waals surface area contributed by atoms with Crippen molar-refractivity contribution in [2.45, 2.75) is 39.2 Å². The smallest absolute Gasteiger partial charge is 0.0943 e. The average molecular weight is 309 g/mol. The van der Waals surface area contributed by atoms with Gasteiger partial charge in [-0.1, -0.05) is 30.7 Å². The number of aromatic nitrogens is 1. The first kappa shape index (κ1) is 15.5. The van der Waals surface area contributed by atoms with Crippen molar-refractivity contribution >= 4 is 22.9 Å². The monoisotopic (exact) mass is 308 g/mol. The zero-order chi connectivity index (χ0) is 14.4. The second-order valence-electron chi connectivity index (χ2n) is 5.07. The van der Waals surface area contributed by atoms with Crippen molar-refractivity contribution < 1.29 is 0 Å². The number of aryl methyl sites for hydroxylation is 1. The Balaban J connectivity index is 2.02. The van der Waals surface area contributed by atoms with Crippen molar-refractivity contribution in [1.29, 1.82) is 0 Å². The van der Waals surface area contributed by atoms with Crippen molar-refractivity contribution in [3.8, 4) is 0 Å². The molecule has 1 heterocycles. The Bertz CT molecular complexity index is 539. The van der Waals surface area contributed by atoms with E-state index < -0.39 is 0 Å². The van der Waals surface area contributed by atoms with Gasteiger partial charge >= 0.3 is 0 Å². The third-order valence-corrected chi connectivity index (χ3v) is 4.37. The summed E-state index contributed by atoms with van der Waals surface area (Å²) in [7, 11) is 0. The second kappa shape index (κ2) is 7.77. The summed E-state index contributed by atoms with van der Waals surface area (Å²) in [4.78, 5) is 4.57. The summed E-state index contributed by atoms with van der Waals surface area (Å²) in [6.07, 6.45) is 3.10. The number of hydrogen-bond donors (Lipinski definition) is 1. The zero-order valence-electron chi connectivity index (χ0n) is 12.0. The van der Waals surface area contributed by atoms with Crippen LogP contribution in [0.4, 0.5) is 0 Å². The quantitative estimate of drug-likeness (QED) is 0.826. The maximum absolute atomic E-state index is 6.07. The summed E-state index contributed by atoms with van der Waals surface area (Å²) in [6.45, 7) is 5.28. The first-order valence-corrected chi connectivity index (χ1v) is 8.32. The van der Waals surface area contributed by atoms with E-state index in [1.807, 2.05) is 19.1 Å². The van der Waals surface area contributed by atoms with Gasteiger partial charge in [-0.25, -0.2) is 4.98 Å². The second-order valence-corrected chi connectivity index (χ2v) is 6.45. The van der Waals surface area contributed by atoms with Crippen molar-refractivity contribution in [3.05, 3.63) is 50.9 Å². The van der Waals surface area contributed by atoms with E-state index in [0.29, 0.717) is 6.04 Å². The van der Waals surface area contributed by atoms with Gasteiger partial charge in [0.1, 0.15) is 0 Å². The standard InChI is InChI=1S/C16H21ClN2S/c1-3-7-18-15(10-16-19-12(2)11-20-16)9-13-5-4-6-14(17)8-13/h4-6,8,11,15,18H,3,7,9-10H2,1-2H3. The van der Waals surface area contributed by atoms with Gasteiger partial charge < -0.3 is 5.32 Å². The SMILES string of the molecule is CCCNC(Cc1cccc(Cl)c1)Cc1nc(C)cs1. The molecule has 0 saturated carbocycles. The van der Waals surface area contributed by atoms with Gasteiger partial charge in [0.05, 0.1) is 5.01 Å². The highest BCUT2D eigenvalue weighted by atomic mass is 35.5. The molecule has 108 valence electrons. The third kappa shape index (κ3) is 4.89. The van der Waals surface area contributed by atoms with Crippen molar-refractivity contribution in [2.75, 3.05) is 6.54 Å². The molecule has 1 aromatic carbocycles. The molecule has 1 aromatic heterocycles. The number of hydrogen-bond acceptors (Lipinski definition) is 3. The van der Waals surface area contributed by atoms with Crippen LogP contribution in [0.25, 0.3) is 0 Å². The summed E-state index contributed by atoms with van der Waals surface area (Å²) < 4.78 is 0. The average Bonchev–Trinajstić information content (AvgIpc) is 2.81. The molecule has 0 saturated heterocycles. The van der Waals surface area contributed by atoms with Crippen LogP contribution in [0, 0.1) is 6.92 Å². The van der Waals surface area contributed by atoms with E-state index in [0.717, 1.165) is 36.5 Å². The molecule has 0 aliphatic heterocycles. The largest absolute Gasteiger partial charge is 0.313 e. The Labute approximate surface area is 130 Å². The van der Waals surface area contributed by atoms with Gasteiger partial charge in [0, 0.05) is 28.6 Å². The summed E-state index contributed by atoms with van der Waals surface area (Å²) in [5, 5.41) is 7.75.